The van der Waals surface area contributed by atoms with E-state index in [-0.39, 0.29) is 5.82 Å². The van der Waals surface area contributed by atoms with Gasteiger partial charge >= 0.3 is 0 Å². The zero-order chi connectivity index (χ0) is 12.5. The van der Waals surface area contributed by atoms with Gasteiger partial charge in [0.15, 0.2) is 4.34 Å². The first-order chi connectivity index (χ1) is 8.72. The molecule has 5 heteroatoms. The molecule has 0 aliphatic heterocycles. The van der Waals surface area contributed by atoms with Gasteiger partial charge in [-0.05, 0) is 30.3 Å². The predicted octanol–water partition coefficient (Wildman–Crippen LogP) is 4.17. The van der Waals surface area contributed by atoms with Gasteiger partial charge in [-0.25, -0.2) is 9.37 Å². The number of anilines is 1. The molecule has 1 aromatic heterocycles. The maximum atomic E-state index is 13.5. The first-order valence-corrected chi connectivity index (χ1v) is 6.94. The molecule has 0 atom stereocenters. The van der Waals surface area contributed by atoms with Gasteiger partial charge < -0.3 is 5.73 Å². The van der Waals surface area contributed by atoms with E-state index in [2.05, 4.69) is 4.98 Å². The number of nitrogens with two attached hydrogens (primary N) is 1. The van der Waals surface area contributed by atoms with Crippen molar-refractivity contribution in [1.29, 1.82) is 0 Å². The van der Waals surface area contributed by atoms with Crippen molar-refractivity contribution in [2.75, 3.05) is 5.73 Å². The highest BCUT2D eigenvalue weighted by Gasteiger charge is 2.08. The van der Waals surface area contributed by atoms with Crippen molar-refractivity contribution < 1.29 is 4.39 Å². The lowest BCUT2D eigenvalue weighted by molar-refractivity contribution is 0.602. The van der Waals surface area contributed by atoms with E-state index in [0.29, 0.717) is 10.6 Å². The fourth-order valence-electron chi connectivity index (χ4n) is 1.59. The third-order valence-electron chi connectivity index (χ3n) is 2.43. The van der Waals surface area contributed by atoms with E-state index in [4.69, 9.17) is 5.73 Å². The second kappa shape index (κ2) is 4.59. The van der Waals surface area contributed by atoms with Gasteiger partial charge in [0.25, 0.3) is 0 Å². The predicted molar refractivity (Wildman–Crippen MR) is 74.6 cm³/mol. The minimum atomic E-state index is -0.221. The van der Waals surface area contributed by atoms with Crippen molar-refractivity contribution in [3.8, 4) is 0 Å². The van der Waals surface area contributed by atoms with Crippen LogP contribution < -0.4 is 5.73 Å². The van der Waals surface area contributed by atoms with Crippen molar-refractivity contribution in [2.24, 2.45) is 0 Å². The van der Waals surface area contributed by atoms with Crippen molar-refractivity contribution in [2.45, 2.75) is 9.24 Å². The third kappa shape index (κ3) is 2.19. The standard InChI is InChI=1S/C13H9FN2S2/c14-9-3-1-2-4-11(9)17-13-16-10-6-5-8(15)7-12(10)18-13/h1-7H,15H2. The Balaban J connectivity index is 1.98. The van der Waals surface area contributed by atoms with E-state index < -0.39 is 0 Å². The van der Waals surface area contributed by atoms with Crippen LogP contribution in [0.5, 0.6) is 0 Å². The summed E-state index contributed by atoms with van der Waals surface area (Å²) < 4.78 is 15.4. The molecular weight excluding hydrogens is 267 g/mol. The number of aromatic nitrogens is 1. The summed E-state index contributed by atoms with van der Waals surface area (Å²) in [5.74, 6) is -0.221. The van der Waals surface area contributed by atoms with Crippen molar-refractivity contribution >= 4 is 39.0 Å². The number of benzene rings is 2. The molecule has 0 amide bonds. The van der Waals surface area contributed by atoms with E-state index in [1.165, 1.54) is 29.2 Å². The maximum absolute atomic E-state index is 13.5. The largest absolute Gasteiger partial charge is 0.399 e. The molecule has 0 unspecified atom stereocenters. The van der Waals surface area contributed by atoms with Crippen LogP contribution >= 0.6 is 23.1 Å². The Morgan fingerprint density at radius 2 is 2.00 bits per heavy atom. The zero-order valence-electron chi connectivity index (χ0n) is 9.26. The summed E-state index contributed by atoms with van der Waals surface area (Å²) in [6.07, 6.45) is 0. The lowest BCUT2D eigenvalue weighted by Gasteiger charge is -1.97. The van der Waals surface area contributed by atoms with Crippen LogP contribution in [0.3, 0.4) is 0 Å². The molecule has 0 bridgehead atoms. The minimum absolute atomic E-state index is 0.221. The second-order valence-corrected chi connectivity index (χ2v) is 6.06. The van der Waals surface area contributed by atoms with Crippen LogP contribution in [-0.2, 0) is 0 Å². The van der Waals surface area contributed by atoms with E-state index >= 15 is 0 Å². The summed E-state index contributed by atoms with van der Waals surface area (Å²) in [5.41, 5.74) is 7.33. The molecule has 0 fully saturated rings. The number of nitrogens with zero attached hydrogens (tertiary/aromatic N) is 1. The number of rotatable bonds is 2. The fraction of sp³-hybridized carbons (Fsp3) is 0. The molecule has 1 heterocycles. The molecule has 90 valence electrons. The summed E-state index contributed by atoms with van der Waals surface area (Å²) >= 11 is 2.86. The molecule has 0 saturated carbocycles. The Bertz CT molecular complexity index is 709. The van der Waals surface area contributed by atoms with Gasteiger partial charge in [-0.3, -0.25) is 0 Å². The quantitative estimate of drug-likeness (QED) is 0.714. The van der Waals surface area contributed by atoms with Gasteiger partial charge in [-0.2, -0.15) is 0 Å². The Morgan fingerprint density at radius 3 is 2.83 bits per heavy atom. The molecule has 0 aliphatic rings. The fourth-order valence-corrected chi connectivity index (χ4v) is 3.68. The highest BCUT2D eigenvalue weighted by Crippen LogP contribution is 2.35. The van der Waals surface area contributed by atoms with Gasteiger partial charge in [0.2, 0.25) is 0 Å². The topological polar surface area (TPSA) is 38.9 Å². The van der Waals surface area contributed by atoms with Gasteiger partial charge in [0.05, 0.1) is 15.1 Å². The summed E-state index contributed by atoms with van der Waals surface area (Å²) in [6, 6.07) is 12.3. The van der Waals surface area contributed by atoms with E-state index in [1.54, 1.807) is 12.1 Å². The first kappa shape index (κ1) is 11.5. The van der Waals surface area contributed by atoms with E-state index in [1.807, 2.05) is 24.3 Å². The van der Waals surface area contributed by atoms with Gasteiger partial charge in [0, 0.05) is 5.69 Å². The number of hydrogen-bond donors (Lipinski definition) is 1. The Labute approximate surface area is 112 Å². The smallest absolute Gasteiger partial charge is 0.156 e. The van der Waals surface area contributed by atoms with Crippen LogP contribution in [0.2, 0.25) is 0 Å². The van der Waals surface area contributed by atoms with E-state index in [0.717, 1.165) is 14.6 Å². The van der Waals surface area contributed by atoms with Gasteiger partial charge in [0.1, 0.15) is 5.82 Å². The number of fused-ring (bicyclic) bond motifs is 1. The van der Waals surface area contributed by atoms with Crippen molar-refractivity contribution in [3.05, 3.63) is 48.3 Å². The number of hydrogen-bond acceptors (Lipinski definition) is 4. The molecular formula is C13H9FN2S2. The SMILES string of the molecule is Nc1ccc2nc(Sc3ccccc3F)sc2c1. The maximum Gasteiger partial charge on any atom is 0.156 e. The third-order valence-corrected chi connectivity index (χ3v) is 4.56. The Hall–Kier alpha value is -1.59. The molecule has 2 N–H and O–H groups in total. The lowest BCUT2D eigenvalue weighted by atomic mass is 10.3. The summed E-state index contributed by atoms with van der Waals surface area (Å²) in [4.78, 5) is 5.04. The highest BCUT2D eigenvalue weighted by atomic mass is 32.2. The molecule has 0 aliphatic carbocycles. The van der Waals surface area contributed by atoms with Crippen LogP contribution in [0.15, 0.2) is 51.7 Å². The molecule has 3 rings (SSSR count). The number of nitrogen functional groups attached to an aromatic ring is 1. The zero-order valence-corrected chi connectivity index (χ0v) is 10.9. The lowest BCUT2D eigenvalue weighted by Crippen LogP contribution is -1.81. The molecule has 2 aromatic carbocycles. The molecule has 18 heavy (non-hydrogen) atoms. The van der Waals surface area contributed by atoms with Crippen molar-refractivity contribution in [1.82, 2.24) is 4.98 Å². The van der Waals surface area contributed by atoms with Crippen LogP contribution in [0, 0.1) is 5.82 Å². The minimum Gasteiger partial charge on any atom is -0.399 e. The number of halogens is 1. The van der Waals surface area contributed by atoms with Gasteiger partial charge in [-0.1, -0.05) is 23.9 Å². The molecule has 0 saturated heterocycles. The molecule has 0 radical (unpaired) electrons. The Morgan fingerprint density at radius 1 is 1.17 bits per heavy atom. The van der Waals surface area contributed by atoms with E-state index in [9.17, 15) is 4.39 Å². The summed E-state index contributed by atoms with van der Waals surface area (Å²) in [7, 11) is 0. The van der Waals surface area contributed by atoms with Crippen LogP contribution in [0.4, 0.5) is 10.1 Å². The summed E-state index contributed by atoms with van der Waals surface area (Å²) in [6.45, 7) is 0. The van der Waals surface area contributed by atoms with Crippen molar-refractivity contribution in [3.63, 3.8) is 0 Å². The van der Waals surface area contributed by atoms with Crippen LogP contribution in [0.25, 0.3) is 10.2 Å². The number of thiazole rings is 1. The second-order valence-electron chi connectivity index (χ2n) is 3.74. The van der Waals surface area contributed by atoms with Crippen LogP contribution in [-0.4, -0.2) is 4.98 Å². The van der Waals surface area contributed by atoms with Crippen LogP contribution in [0.1, 0.15) is 0 Å². The van der Waals surface area contributed by atoms with Gasteiger partial charge in [-0.15, -0.1) is 11.3 Å². The average molecular weight is 276 g/mol. The average Bonchev–Trinajstić information content (AvgIpc) is 2.73. The molecule has 3 aromatic rings. The summed E-state index contributed by atoms with van der Waals surface area (Å²) in [5, 5.41) is 0. The first-order valence-electron chi connectivity index (χ1n) is 5.31. The molecule has 2 nitrogen and oxygen atoms in total. The molecule has 0 spiro atoms. The monoisotopic (exact) mass is 276 g/mol. The Kier molecular flexibility index (Phi) is 2.93. The normalized spacial score (nSPS) is 10.9. The highest BCUT2D eigenvalue weighted by molar-refractivity contribution is 8.01.